The van der Waals surface area contributed by atoms with E-state index < -0.39 is 0 Å². The number of rotatable bonds is 2. The molecule has 0 aliphatic heterocycles. The smallest absolute Gasteiger partial charge is 0.256 e. The summed E-state index contributed by atoms with van der Waals surface area (Å²) in [5.41, 5.74) is 2.80. The Morgan fingerprint density at radius 1 is 1.05 bits per heavy atom. The Kier molecular flexibility index (Phi) is 3.03. The second kappa shape index (κ2) is 4.85. The lowest BCUT2D eigenvalue weighted by Crippen LogP contribution is -2.07. The van der Waals surface area contributed by atoms with Gasteiger partial charge in [-0.05, 0) is 36.6 Å². The van der Waals surface area contributed by atoms with Crippen LogP contribution < -0.4 is 10.3 Å². The molecule has 0 aliphatic rings. The van der Waals surface area contributed by atoms with Gasteiger partial charge in [-0.1, -0.05) is 29.8 Å². The van der Waals surface area contributed by atoms with Gasteiger partial charge in [-0.15, -0.1) is 0 Å². The van der Waals surface area contributed by atoms with Crippen LogP contribution in [0.25, 0.3) is 22.0 Å². The van der Waals surface area contributed by atoms with Crippen LogP contribution in [0.2, 0.25) is 0 Å². The zero-order chi connectivity index (χ0) is 14.1. The number of hydrogen-bond donors (Lipinski definition) is 1. The number of nitrogens with one attached hydrogen (secondary N) is 1. The van der Waals surface area contributed by atoms with Crippen LogP contribution in [0.4, 0.5) is 0 Å². The lowest BCUT2D eigenvalue weighted by molar-refractivity contribution is 0.415. The molecule has 0 atom stereocenters. The third kappa shape index (κ3) is 2.18. The quantitative estimate of drug-likeness (QED) is 0.770. The number of aryl methyl sites for hydroxylation is 1. The van der Waals surface area contributed by atoms with E-state index in [2.05, 4.69) is 4.98 Å². The molecule has 3 aromatic rings. The van der Waals surface area contributed by atoms with Crippen LogP contribution in [0, 0.1) is 6.92 Å². The summed E-state index contributed by atoms with van der Waals surface area (Å²) in [7, 11) is 1.63. The number of methoxy groups -OCH3 is 1. The van der Waals surface area contributed by atoms with E-state index in [0.29, 0.717) is 5.39 Å². The van der Waals surface area contributed by atoms with Crippen LogP contribution in [0.3, 0.4) is 0 Å². The number of aromatic amines is 1. The molecule has 0 bridgehead atoms. The molecule has 0 saturated heterocycles. The van der Waals surface area contributed by atoms with E-state index >= 15 is 0 Å². The fourth-order valence-electron chi connectivity index (χ4n) is 2.34. The SMILES string of the molecule is COc1cccc(-c2cc3cc(C)ccc3c(=O)[nH]2)c1. The van der Waals surface area contributed by atoms with Crippen molar-refractivity contribution in [1.29, 1.82) is 0 Å². The molecule has 0 radical (unpaired) electrons. The van der Waals surface area contributed by atoms with Crippen LogP contribution in [0.5, 0.6) is 5.75 Å². The monoisotopic (exact) mass is 265 g/mol. The van der Waals surface area contributed by atoms with Crippen molar-refractivity contribution in [3.05, 3.63) is 64.4 Å². The summed E-state index contributed by atoms with van der Waals surface area (Å²) in [6, 6.07) is 15.5. The Morgan fingerprint density at radius 3 is 2.70 bits per heavy atom. The van der Waals surface area contributed by atoms with Crippen molar-refractivity contribution in [3.8, 4) is 17.0 Å². The molecule has 0 saturated carbocycles. The van der Waals surface area contributed by atoms with Gasteiger partial charge in [0.15, 0.2) is 0 Å². The second-order valence-corrected chi connectivity index (χ2v) is 4.83. The van der Waals surface area contributed by atoms with Crippen LogP contribution in [0.1, 0.15) is 5.56 Å². The third-order valence-electron chi connectivity index (χ3n) is 3.38. The summed E-state index contributed by atoms with van der Waals surface area (Å²) in [6.45, 7) is 2.02. The first-order chi connectivity index (χ1) is 9.67. The van der Waals surface area contributed by atoms with Gasteiger partial charge in [-0.2, -0.15) is 0 Å². The molecule has 100 valence electrons. The molecule has 0 amide bonds. The average Bonchev–Trinajstić information content (AvgIpc) is 2.46. The van der Waals surface area contributed by atoms with Crippen molar-refractivity contribution >= 4 is 10.8 Å². The standard InChI is InChI=1S/C17H15NO2/c1-11-6-7-15-13(8-11)10-16(18-17(15)19)12-4-3-5-14(9-12)20-2/h3-10H,1-2H3,(H,18,19). The van der Waals surface area contributed by atoms with Crippen molar-refractivity contribution in [2.24, 2.45) is 0 Å². The highest BCUT2D eigenvalue weighted by molar-refractivity contribution is 5.85. The molecular weight excluding hydrogens is 250 g/mol. The highest BCUT2D eigenvalue weighted by Crippen LogP contribution is 2.24. The fraction of sp³-hybridized carbons (Fsp3) is 0.118. The minimum atomic E-state index is -0.0691. The molecule has 0 aliphatic carbocycles. The summed E-state index contributed by atoms with van der Waals surface area (Å²) in [5.74, 6) is 0.771. The maximum absolute atomic E-state index is 12.2. The van der Waals surface area contributed by atoms with Gasteiger partial charge in [0.05, 0.1) is 7.11 Å². The normalized spacial score (nSPS) is 10.7. The molecule has 20 heavy (non-hydrogen) atoms. The van der Waals surface area contributed by atoms with Crippen LogP contribution >= 0.6 is 0 Å². The molecule has 1 aromatic heterocycles. The molecule has 1 N–H and O–H groups in total. The Labute approximate surface area is 116 Å². The summed E-state index contributed by atoms with van der Waals surface area (Å²) >= 11 is 0. The second-order valence-electron chi connectivity index (χ2n) is 4.83. The lowest BCUT2D eigenvalue weighted by atomic mass is 10.1. The molecule has 0 spiro atoms. The molecule has 0 unspecified atom stereocenters. The summed E-state index contributed by atoms with van der Waals surface area (Å²) in [6.07, 6.45) is 0. The topological polar surface area (TPSA) is 42.1 Å². The van der Waals surface area contributed by atoms with E-state index in [-0.39, 0.29) is 5.56 Å². The summed E-state index contributed by atoms with van der Waals surface area (Å²) in [5, 5.41) is 1.66. The van der Waals surface area contributed by atoms with Gasteiger partial charge >= 0.3 is 0 Å². The number of fused-ring (bicyclic) bond motifs is 1. The van der Waals surface area contributed by atoms with Gasteiger partial charge in [-0.25, -0.2) is 0 Å². The first-order valence-electron chi connectivity index (χ1n) is 6.45. The summed E-state index contributed by atoms with van der Waals surface area (Å²) in [4.78, 5) is 15.1. The first-order valence-corrected chi connectivity index (χ1v) is 6.45. The van der Waals surface area contributed by atoms with Crippen molar-refractivity contribution in [1.82, 2.24) is 4.98 Å². The fourth-order valence-corrected chi connectivity index (χ4v) is 2.34. The van der Waals surface area contributed by atoms with E-state index in [1.165, 1.54) is 0 Å². The highest BCUT2D eigenvalue weighted by atomic mass is 16.5. The molecule has 3 nitrogen and oxygen atoms in total. The predicted octanol–water partition coefficient (Wildman–Crippen LogP) is 3.51. The number of hydrogen-bond acceptors (Lipinski definition) is 2. The van der Waals surface area contributed by atoms with Crippen molar-refractivity contribution in [2.45, 2.75) is 6.92 Å². The van der Waals surface area contributed by atoms with E-state index in [9.17, 15) is 4.79 Å². The Balaban J connectivity index is 2.23. The maximum atomic E-state index is 12.2. The highest BCUT2D eigenvalue weighted by Gasteiger charge is 2.05. The molecular formula is C17H15NO2. The summed E-state index contributed by atoms with van der Waals surface area (Å²) < 4.78 is 5.22. The number of H-pyrrole nitrogens is 1. The largest absolute Gasteiger partial charge is 0.497 e. The van der Waals surface area contributed by atoms with Crippen LogP contribution in [-0.2, 0) is 0 Å². The van der Waals surface area contributed by atoms with Crippen LogP contribution in [0.15, 0.2) is 53.3 Å². The zero-order valence-electron chi connectivity index (χ0n) is 11.4. The minimum absolute atomic E-state index is 0.0691. The van der Waals surface area contributed by atoms with Crippen molar-refractivity contribution < 1.29 is 4.74 Å². The van der Waals surface area contributed by atoms with Gasteiger partial charge in [-0.3, -0.25) is 4.79 Å². The van der Waals surface area contributed by atoms with E-state index in [1.807, 2.05) is 55.5 Å². The zero-order valence-corrected chi connectivity index (χ0v) is 11.4. The van der Waals surface area contributed by atoms with Gasteiger partial charge in [0.25, 0.3) is 5.56 Å². The number of benzene rings is 2. The predicted molar refractivity (Wildman–Crippen MR) is 81.3 cm³/mol. The van der Waals surface area contributed by atoms with E-state index in [4.69, 9.17) is 4.74 Å². The van der Waals surface area contributed by atoms with Gasteiger partial charge in [0, 0.05) is 16.6 Å². The number of pyridine rings is 1. The Bertz CT molecular complexity index is 834. The molecule has 2 aromatic carbocycles. The van der Waals surface area contributed by atoms with Crippen LogP contribution in [-0.4, -0.2) is 12.1 Å². The van der Waals surface area contributed by atoms with E-state index in [0.717, 1.165) is 28.0 Å². The van der Waals surface area contributed by atoms with Gasteiger partial charge in [0.1, 0.15) is 5.75 Å². The molecule has 3 rings (SSSR count). The average molecular weight is 265 g/mol. The minimum Gasteiger partial charge on any atom is -0.497 e. The van der Waals surface area contributed by atoms with Gasteiger partial charge < -0.3 is 9.72 Å². The van der Waals surface area contributed by atoms with Crippen molar-refractivity contribution in [3.63, 3.8) is 0 Å². The van der Waals surface area contributed by atoms with Gasteiger partial charge in [0.2, 0.25) is 0 Å². The number of aromatic nitrogens is 1. The molecule has 3 heteroatoms. The Hall–Kier alpha value is -2.55. The molecule has 1 heterocycles. The third-order valence-corrected chi connectivity index (χ3v) is 3.38. The van der Waals surface area contributed by atoms with Crippen molar-refractivity contribution in [2.75, 3.05) is 7.11 Å². The first kappa shape index (κ1) is 12.5. The Morgan fingerprint density at radius 2 is 1.90 bits per heavy atom. The molecule has 0 fully saturated rings. The lowest BCUT2D eigenvalue weighted by Gasteiger charge is -2.06. The van der Waals surface area contributed by atoms with E-state index in [1.54, 1.807) is 7.11 Å². The maximum Gasteiger partial charge on any atom is 0.256 e. The number of ether oxygens (including phenoxy) is 1.